The van der Waals surface area contributed by atoms with Crippen molar-refractivity contribution in [3.05, 3.63) is 16.6 Å². The number of aliphatic carboxylic acids is 1. The van der Waals surface area contributed by atoms with E-state index in [-0.39, 0.29) is 17.9 Å². The van der Waals surface area contributed by atoms with Crippen LogP contribution in [0.25, 0.3) is 0 Å². The highest BCUT2D eigenvalue weighted by Crippen LogP contribution is 2.25. The summed E-state index contributed by atoms with van der Waals surface area (Å²) in [5.41, 5.74) is 1.63. The van der Waals surface area contributed by atoms with Crippen molar-refractivity contribution in [3.63, 3.8) is 0 Å². The Morgan fingerprint density at radius 1 is 1.59 bits per heavy atom. The normalized spacial score (nSPS) is 24.6. The van der Waals surface area contributed by atoms with E-state index in [1.165, 1.54) is 11.3 Å². The lowest BCUT2D eigenvalue weighted by atomic mass is 9.91. The zero-order chi connectivity index (χ0) is 12.4. The van der Waals surface area contributed by atoms with E-state index in [9.17, 15) is 9.59 Å². The monoisotopic (exact) mass is 254 g/mol. The number of thiazole rings is 1. The van der Waals surface area contributed by atoms with Crippen molar-refractivity contribution < 1.29 is 14.7 Å². The molecule has 0 saturated carbocycles. The first-order chi connectivity index (χ1) is 8.09. The Morgan fingerprint density at radius 3 is 2.88 bits per heavy atom. The SMILES string of the molecule is CC1CC(C(=O)O)CCN1C(=O)c1cncs1. The molecular formula is C11H14N2O3S. The lowest BCUT2D eigenvalue weighted by Crippen LogP contribution is -2.45. The van der Waals surface area contributed by atoms with Crippen LogP contribution in [0.2, 0.25) is 0 Å². The van der Waals surface area contributed by atoms with E-state index in [1.807, 2.05) is 6.92 Å². The Balaban J connectivity index is 2.05. The third-order valence-corrected chi connectivity index (χ3v) is 3.89. The van der Waals surface area contributed by atoms with Gasteiger partial charge in [-0.2, -0.15) is 0 Å². The second-order valence-corrected chi connectivity index (χ2v) is 5.16. The molecule has 2 heterocycles. The van der Waals surface area contributed by atoms with Crippen LogP contribution >= 0.6 is 11.3 Å². The molecule has 0 bridgehead atoms. The standard InChI is InChI=1S/C11H14N2O3S/c1-7-4-8(11(15)16)2-3-13(7)10(14)9-5-12-6-17-9/h5-8H,2-4H2,1H3,(H,15,16). The summed E-state index contributed by atoms with van der Waals surface area (Å²) in [7, 11) is 0. The molecule has 1 amide bonds. The van der Waals surface area contributed by atoms with Gasteiger partial charge >= 0.3 is 5.97 Å². The van der Waals surface area contributed by atoms with Gasteiger partial charge in [-0.15, -0.1) is 11.3 Å². The van der Waals surface area contributed by atoms with Gasteiger partial charge < -0.3 is 10.0 Å². The van der Waals surface area contributed by atoms with Gasteiger partial charge in [-0.3, -0.25) is 14.6 Å². The van der Waals surface area contributed by atoms with Gasteiger partial charge in [0.05, 0.1) is 17.6 Å². The fourth-order valence-electron chi connectivity index (χ4n) is 2.16. The first-order valence-corrected chi connectivity index (χ1v) is 6.40. The van der Waals surface area contributed by atoms with E-state index in [0.717, 1.165) is 0 Å². The maximum atomic E-state index is 12.1. The average Bonchev–Trinajstić information content (AvgIpc) is 2.81. The lowest BCUT2D eigenvalue weighted by Gasteiger charge is -2.35. The van der Waals surface area contributed by atoms with Crippen molar-refractivity contribution >= 4 is 23.2 Å². The number of carboxylic acid groups (broad SMARTS) is 1. The predicted molar refractivity (Wildman–Crippen MR) is 63.0 cm³/mol. The van der Waals surface area contributed by atoms with Gasteiger partial charge in [-0.05, 0) is 19.8 Å². The highest BCUT2D eigenvalue weighted by Gasteiger charge is 2.32. The van der Waals surface area contributed by atoms with Crippen LogP contribution in [-0.4, -0.2) is 39.5 Å². The first-order valence-electron chi connectivity index (χ1n) is 5.52. The number of nitrogens with zero attached hydrogens (tertiary/aromatic N) is 2. The Morgan fingerprint density at radius 2 is 2.35 bits per heavy atom. The molecule has 0 spiro atoms. The summed E-state index contributed by atoms with van der Waals surface area (Å²) in [5.74, 6) is -1.12. The van der Waals surface area contributed by atoms with Crippen LogP contribution < -0.4 is 0 Å². The number of piperidine rings is 1. The van der Waals surface area contributed by atoms with Crippen LogP contribution in [-0.2, 0) is 4.79 Å². The summed E-state index contributed by atoms with van der Waals surface area (Å²) in [6.45, 7) is 2.41. The fourth-order valence-corrected chi connectivity index (χ4v) is 2.74. The van der Waals surface area contributed by atoms with Crippen molar-refractivity contribution in [2.24, 2.45) is 5.92 Å². The maximum absolute atomic E-state index is 12.1. The van der Waals surface area contributed by atoms with Gasteiger partial charge in [0.25, 0.3) is 5.91 Å². The molecule has 0 radical (unpaired) electrons. The van der Waals surface area contributed by atoms with Crippen LogP contribution in [0.4, 0.5) is 0 Å². The Kier molecular flexibility index (Phi) is 3.42. The second-order valence-electron chi connectivity index (χ2n) is 4.27. The maximum Gasteiger partial charge on any atom is 0.306 e. The molecule has 0 aliphatic carbocycles. The van der Waals surface area contributed by atoms with E-state index in [0.29, 0.717) is 24.3 Å². The molecule has 1 aromatic heterocycles. The highest BCUT2D eigenvalue weighted by atomic mass is 32.1. The van der Waals surface area contributed by atoms with Crippen molar-refractivity contribution in [2.45, 2.75) is 25.8 Å². The topological polar surface area (TPSA) is 70.5 Å². The number of carbonyl (C=O) groups is 2. The summed E-state index contributed by atoms with van der Waals surface area (Å²) in [5, 5.41) is 8.95. The lowest BCUT2D eigenvalue weighted by molar-refractivity contribution is -0.143. The van der Waals surface area contributed by atoms with Crippen LogP contribution in [0, 0.1) is 5.92 Å². The zero-order valence-corrected chi connectivity index (χ0v) is 10.3. The molecule has 1 aliphatic rings. The summed E-state index contributed by atoms with van der Waals surface area (Å²) >= 11 is 1.32. The minimum absolute atomic E-state index is 0.0283. The van der Waals surface area contributed by atoms with Crippen molar-refractivity contribution in [2.75, 3.05) is 6.54 Å². The molecule has 0 aromatic carbocycles. The molecule has 1 saturated heterocycles. The van der Waals surface area contributed by atoms with Crippen LogP contribution in [0.5, 0.6) is 0 Å². The molecule has 1 aliphatic heterocycles. The Bertz CT molecular complexity index is 418. The van der Waals surface area contributed by atoms with E-state index in [2.05, 4.69) is 4.98 Å². The molecule has 2 unspecified atom stereocenters. The quantitative estimate of drug-likeness (QED) is 0.867. The summed E-state index contributed by atoms with van der Waals surface area (Å²) in [6, 6.07) is -0.0283. The van der Waals surface area contributed by atoms with Gasteiger partial charge in [0.15, 0.2) is 0 Å². The number of hydrogen-bond donors (Lipinski definition) is 1. The van der Waals surface area contributed by atoms with E-state index in [4.69, 9.17) is 5.11 Å². The number of likely N-dealkylation sites (tertiary alicyclic amines) is 1. The molecule has 1 N–H and O–H groups in total. The summed E-state index contributed by atoms with van der Waals surface area (Å²) in [6.07, 6.45) is 2.62. The van der Waals surface area contributed by atoms with Crippen molar-refractivity contribution in [3.8, 4) is 0 Å². The van der Waals surface area contributed by atoms with Crippen LogP contribution in [0.1, 0.15) is 29.4 Å². The molecule has 92 valence electrons. The summed E-state index contributed by atoms with van der Waals surface area (Å²) in [4.78, 5) is 29.2. The van der Waals surface area contributed by atoms with E-state index < -0.39 is 5.97 Å². The van der Waals surface area contributed by atoms with Gasteiger partial charge in [-0.25, -0.2) is 0 Å². The van der Waals surface area contributed by atoms with Gasteiger partial charge in [0, 0.05) is 12.6 Å². The van der Waals surface area contributed by atoms with Gasteiger partial charge in [0.2, 0.25) is 0 Å². The van der Waals surface area contributed by atoms with E-state index >= 15 is 0 Å². The molecule has 2 rings (SSSR count). The average molecular weight is 254 g/mol. The third kappa shape index (κ3) is 2.46. The zero-order valence-electron chi connectivity index (χ0n) is 9.50. The van der Waals surface area contributed by atoms with Gasteiger partial charge in [-0.1, -0.05) is 0 Å². The Hall–Kier alpha value is -1.43. The minimum Gasteiger partial charge on any atom is -0.481 e. The Labute approximate surface area is 103 Å². The molecule has 17 heavy (non-hydrogen) atoms. The largest absolute Gasteiger partial charge is 0.481 e. The summed E-state index contributed by atoms with van der Waals surface area (Å²) < 4.78 is 0. The van der Waals surface area contributed by atoms with Crippen molar-refractivity contribution in [1.82, 2.24) is 9.88 Å². The van der Waals surface area contributed by atoms with Crippen molar-refractivity contribution in [1.29, 1.82) is 0 Å². The smallest absolute Gasteiger partial charge is 0.306 e. The molecule has 2 atom stereocenters. The number of hydrogen-bond acceptors (Lipinski definition) is 4. The molecule has 5 nitrogen and oxygen atoms in total. The number of carbonyl (C=O) groups excluding carboxylic acids is 1. The molecule has 1 aromatic rings. The second kappa shape index (κ2) is 4.83. The first kappa shape index (κ1) is 12.0. The predicted octanol–water partition coefficient (Wildman–Crippen LogP) is 1.47. The molecule has 1 fully saturated rings. The number of amides is 1. The van der Waals surface area contributed by atoms with E-state index in [1.54, 1.807) is 16.6 Å². The fraction of sp³-hybridized carbons (Fsp3) is 0.545. The molecule has 6 heteroatoms. The van der Waals surface area contributed by atoms with Gasteiger partial charge in [0.1, 0.15) is 4.88 Å². The minimum atomic E-state index is -0.762. The third-order valence-electron chi connectivity index (χ3n) is 3.13. The number of rotatable bonds is 2. The molecular weight excluding hydrogens is 240 g/mol. The number of aromatic nitrogens is 1. The van der Waals surface area contributed by atoms with Crippen LogP contribution in [0.3, 0.4) is 0 Å². The highest BCUT2D eigenvalue weighted by molar-refractivity contribution is 7.11. The number of carboxylic acids is 1. The van der Waals surface area contributed by atoms with Crippen LogP contribution in [0.15, 0.2) is 11.7 Å².